The number of amides is 6. The highest BCUT2D eigenvalue weighted by Crippen LogP contribution is 2.43. The molecule has 5 aliphatic rings. The number of hydrogen-bond acceptors (Lipinski definition) is 16. The Hall–Kier alpha value is -7.06. The Balaban J connectivity index is 0.767. The number of nitrogens with zero attached hydrogens (tertiary/aromatic N) is 4. The van der Waals surface area contributed by atoms with Gasteiger partial charge in [-0.2, -0.15) is 13.2 Å². The minimum absolute atomic E-state index is 0.00782. The second-order valence-corrected chi connectivity index (χ2v) is 29.7. The van der Waals surface area contributed by atoms with Crippen LogP contribution in [0.4, 0.5) is 30.2 Å². The second kappa shape index (κ2) is 29.7. The normalized spacial score (nSPS) is 19.0. The van der Waals surface area contributed by atoms with Crippen LogP contribution in [0, 0.1) is 5.41 Å². The molecule has 3 fully saturated rings. The number of piperidine rings is 2. The maximum absolute atomic E-state index is 14.5. The first kappa shape index (κ1) is 68.3. The Labute approximate surface area is 535 Å². The van der Waals surface area contributed by atoms with Crippen molar-refractivity contribution in [3.05, 3.63) is 131 Å². The molecule has 9 rings (SSSR count). The van der Waals surface area contributed by atoms with Gasteiger partial charge in [-0.05, 0) is 148 Å². The number of piperazine rings is 1. The van der Waals surface area contributed by atoms with Crippen molar-refractivity contribution in [2.24, 2.45) is 5.41 Å². The molecule has 0 saturated carbocycles. The zero-order valence-corrected chi connectivity index (χ0v) is 54.2. The molecule has 6 amide bonds. The van der Waals surface area contributed by atoms with Crippen LogP contribution in [0.5, 0.6) is 0 Å². The summed E-state index contributed by atoms with van der Waals surface area (Å²) in [4.78, 5) is 83.9. The Kier molecular flexibility index (Phi) is 22.3. The fourth-order valence-corrected chi connectivity index (χ4v) is 15.4. The number of sulfone groups is 1. The van der Waals surface area contributed by atoms with Crippen molar-refractivity contribution in [1.82, 2.24) is 30.1 Å². The number of halogens is 3. The van der Waals surface area contributed by atoms with E-state index in [2.05, 4.69) is 63.3 Å². The molecule has 2 atom stereocenters. The molecule has 0 radical (unpaired) electrons. The summed E-state index contributed by atoms with van der Waals surface area (Å²) in [6.07, 6.45) is 9.41. The molecule has 490 valence electrons. The van der Waals surface area contributed by atoms with Crippen LogP contribution in [0.2, 0.25) is 0 Å². The number of allylic oxidation sites excluding steroid dienone is 2. The monoisotopic (exact) mass is 1310 g/mol. The summed E-state index contributed by atoms with van der Waals surface area (Å²) < 4.78 is 99.8. The van der Waals surface area contributed by atoms with Gasteiger partial charge in [0.2, 0.25) is 17.7 Å². The number of carbonyl (C=O) groups is 6. The Morgan fingerprint density at radius 3 is 2.22 bits per heavy atom. The summed E-state index contributed by atoms with van der Waals surface area (Å²) in [6, 6.07) is 21.0. The fourth-order valence-electron chi connectivity index (χ4n) is 12.4. The zero-order valence-electron chi connectivity index (χ0n) is 51.8. The van der Waals surface area contributed by atoms with Gasteiger partial charge in [0.1, 0.15) is 10.9 Å². The number of unbranched alkanes of at least 4 members (excludes halogenated alkanes) is 2. The molecule has 4 aromatic rings. The molecular formula is C66H82F3N9O10S3. The Morgan fingerprint density at radius 1 is 0.802 bits per heavy atom. The van der Waals surface area contributed by atoms with E-state index in [0.29, 0.717) is 70.0 Å². The number of benzene rings is 4. The summed E-state index contributed by atoms with van der Waals surface area (Å²) in [6.45, 7) is 17.3. The molecule has 4 aliphatic heterocycles. The predicted octanol–water partition coefficient (Wildman–Crippen LogP) is 9.70. The topological polar surface area (TPSA) is 244 Å². The van der Waals surface area contributed by atoms with E-state index in [1.54, 1.807) is 24.3 Å². The number of alkyl halides is 3. The van der Waals surface area contributed by atoms with Crippen LogP contribution in [0.15, 0.2) is 129 Å². The molecule has 1 aliphatic carbocycles. The minimum atomic E-state index is -6.16. The third kappa shape index (κ3) is 17.2. The number of carbonyl (C=O) groups excluding carboxylic acids is 6. The van der Waals surface area contributed by atoms with Crippen molar-refractivity contribution in [2.75, 3.05) is 80.2 Å². The van der Waals surface area contributed by atoms with Gasteiger partial charge < -0.3 is 25.8 Å². The molecule has 1 unspecified atom stereocenters. The largest absolute Gasteiger partial charge is 0.501 e. The first-order valence-electron chi connectivity index (χ1n) is 31.3. The van der Waals surface area contributed by atoms with Crippen molar-refractivity contribution >= 4 is 84.1 Å². The molecule has 4 aromatic carbocycles. The van der Waals surface area contributed by atoms with Crippen LogP contribution in [0.3, 0.4) is 0 Å². The van der Waals surface area contributed by atoms with E-state index in [0.717, 1.165) is 98.9 Å². The van der Waals surface area contributed by atoms with Crippen LogP contribution in [-0.4, -0.2) is 155 Å². The smallest absolute Gasteiger partial charge is 0.384 e. The standard InChI is InChI=1S/C66H82F3N9O10S3/c1-5-6-13-44(2)53-41-65(3,4)31-27-46(53)42-76-36-38-77(39-37-76)49-21-19-45(20-22-49)61(81)74-91(87,88)51-23-24-54(57(40-51)90(85,86)66(67,68)69)71-48(43-89-50-14-8-7-9-15-50)30-35-75-33-28-47(29-34-75)72-58(79)18-10-11-32-70-55-17-12-16-52-60(55)64(84)78(63(52)83)56-25-26-59(80)73-62(56)82/h7-9,12,14-17,19-24,40,47-48,56,70-71H,2,5-6,10-11,13,18,25-39,41-43H2,1,3-4H3,(H,72,79)(H,74,81)(H,73,80,82)/t48-,56?/m1/s1. The van der Waals surface area contributed by atoms with Gasteiger partial charge in [0.15, 0.2) is 0 Å². The first-order valence-corrected chi connectivity index (χ1v) is 35.3. The van der Waals surface area contributed by atoms with Crippen LogP contribution in [0.1, 0.15) is 142 Å². The summed E-state index contributed by atoms with van der Waals surface area (Å²) in [5, 5.41) is 11.5. The quantitative estimate of drug-likeness (QED) is 0.0212. The van der Waals surface area contributed by atoms with Crippen molar-refractivity contribution in [3.63, 3.8) is 0 Å². The van der Waals surface area contributed by atoms with E-state index in [1.165, 1.54) is 46.7 Å². The van der Waals surface area contributed by atoms with Gasteiger partial charge >= 0.3 is 5.51 Å². The fraction of sp³-hybridized carbons (Fsp3) is 0.485. The maximum atomic E-state index is 14.5. The summed E-state index contributed by atoms with van der Waals surface area (Å²) in [5.74, 6) is -3.29. The number of sulfonamides is 1. The van der Waals surface area contributed by atoms with Crippen LogP contribution < -0.4 is 30.9 Å². The molecule has 0 aromatic heterocycles. The van der Waals surface area contributed by atoms with Crippen molar-refractivity contribution in [2.45, 2.75) is 149 Å². The van der Waals surface area contributed by atoms with Gasteiger partial charge in [-0.25, -0.2) is 21.6 Å². The molecular weight excluding hydrogens is 1230 g/mol. The summed E-state index contributed by atoms with van der Waals surface area (Å²) in [7, 11) is -11.1. The Morgan fingerprint density at radius 2 is 1.53 bits per heavy atom. The third-order valence-electron chi connectivity index (χ3n) is 17.7. The number of nitrogens with one attached hydrogen (secondary N) is 5. The van der Waals surface area contributed by atoms with Gasteiger partial charge in [0, 0.05) is 111 Å². The second-order valence-electron chi connectivity index (χ2n) is 25.0. The third-order valence-corrected chi connectivity index (χ3v) is 21.8. The van der Waals surface area contributed by atoms with Gasteiger partial charge in [0.05, 0.1) is 21.7 Å². The van der Waals surface area contributed by atoms with Crippen LogP contribution in [0.25, 0.3) is 0 Å². The lowest BCUT2D eigenvalue weighted by molar-refractivity contribution is -0.136. The Bertz CT molecular complexity index is 3630. The number of thioether (sulfide) groups is 1. The summed E-state index contributed by atoms with van der Waals surface area (Å²) >= 11 is 1.40. The zero-order chi connectivity index (χ0) is 65.3. The average molecular weight is 1310 g/mol. The predicted molar refractivity (Wildman–Crippen MR) is 345 cm³/mol. The highest BCUT2D eigenvalue weighted by molar-refractivity contribution is 7.99. The number of imide groups is 2. The number of anilines is 3. The average Bonchev–Trinajstić information content (AvgIpc) is 1.74. The lowest BCUT2D eigenvalue weighted by atomic mass is 9.72. The van der Waals surface area contributed by atoms with Gasteiger partial charge in [-0.1, -0.05) is 69.2 Å². The maximum Gasteiger partial charge on any atom is 0.501 e. The van der Waals surface area contributed by atoms with E-state index < -0.39 is 82.5 Å². The van der Waals surface area contributed by atoms with Crippen molar-refractivity contribution < 1.29 is 58.8 Å². The number of hydrogen-bond donors (Lipinski definition) is 5. The first-order chi connectivity index (χ1) is 43.3. The van der Waals surface area contributed by atoms with E-state index in [4.69, 9.17) is 0 Å². The SMILES string of the molecule is C=C(CCCC)C1=C(CN2CCN(c3ccc(C(=O)NS(=O)(=O)c4ccc(N[C@H](CCN5CCC(NC(=O)CCCCNc6cccc7c6C(=O)N(C6CCC(=O)NC6=O)C7=O)CC5)CSc5ccccc5)c(S(=O)(=O)C(F)(F)F)c4)cc3)CC2)CCC(C)(C)C1. The molecule has 25 heteroatoms. The van der Waals surface area contributed by atoms with Gasteiger partial charge in [-0.3, -0.25) is 43.9 Å². The molecule has 0 bridgehead atoms. The summed E-state index contributed by atoms with van der Waals surface area (Å²) in [5.41, 5.74) is -0.317. The number of fused-ring (bicyclic) bond motifs is 1. The molecule has 19 nitrogen and oxygen atoms in total. The highest BCUT2D eigenvalue weighted by Gasteiger charge is 2.49. The van der Waals surface area contributed by atoms with Gasteiger partial charge in [0.25, 0.3) is 37.6 Å². The number of likely N-dealkylation sites (tertiary alicyclic amines) is 1. The molecule has 5 N–H and O–H groups in total. The lowest BCUT2D eigenvalue weighted by Crippen LogP contribution is -2.54. The van der Waals surface area contributed by atoms with E-state index in [1.807, 2.05) is 35.1 Å². The van der Waals surface area contributed by atoms with E-state index in [9.17, 15) is 58.8 Å². The van der Waals surface area contributed by atoms with Gasteiger partial charge in [-0.15, -0.1) is 11.8 Å². The molecule has 0 spiro atoms. The highest BCUT2D eigenvalue weighted by atomic mass is 32.2. The van der Waals surface area contributed by atoms with Crippen LogP contribution >= 0.6 is 11.8 Å². The van der Waals surface area contributed by atoms with E-state index >= 15 is 0 Å². The lowest BCUT2D eigenvalue weighted by Gasteiger charge is -2.39. The molecule has 91 heavy (non-hydrogen) atoms. The van der Waals surface area contributed by atoms with Crippen molar-refractivity contribution in [1.29, 1.82) is 0 Å². The van der Waals surface area contributed by atoms with Crippen molar-refractivity contribution in [3.8, 4) is 0 Å². The van der Waals surface area contributed by atoms with Crippen LogP contribution in [-0.2, 0) is 34.2 Å². The minimum Gasteiger partial charge on any atom is -0.384 e. The van der Waals surface area contributed by atoms with E-state index in [-0.39, 0.29) is 59.1 Å². The molecule has 3 saturated heterocycles. The number of rotatable bonds is 27. The molecule has 4 heterocycles.